The van der Waals surface area contributed by atoms with Crippen molar-refractivity contribution < 1.29 is 37.0 Å². The molecule has 2 atom stereocenters. The van der Waals surface area contributed by atoms with Gasteiger partial charge in [0.1, 0.15) is 0 Å². The van der Waals surface area contributed by atoms with E-state index in [1.54, 1.807) is 0 Å². The number of carbonyl (C=O) groups excluding carboxylic acids is 2. The van der Waals surface area contributed by atoms with E-state index in [1.807, 2.05) is 0 Å². The average Bonchev–Trinajstić information content (AvgIpc) is 2.69. The summed E-state index contributed by atoms with van der Waals surface area (Å²) in [5.74, 6) is -2.59. The highest BCUT2D eigenvalue weighted by molar-refractivity contribution is 5.86. The monoisotopic (exact) mass is 418 g/mol. The van der Waals surface area contributed by atoms with Crippen LogP contribution >= 0.6 is 0 Å². The number of carbonyl (C=O) groups is 2. The van der Waals surface area contributed by atoms with Gasteiger partial charge in [0.05, 0.1) is 7.11 Å². The van der Waals surface area contributed by atoms with Crippen molar-refractivity contribution >= 4 is 11.9 Å². The van der Waals surface area contributed by atoms with Crippen LogP contribution in [0.15, 0.2) is 30.3 Å². The third kappa shape index (κ3) is 6.45. The average molecular weight is 418 g/mol. The summed E-state index contributed by atoms with van der Waals surface area (Å²) in [7, 11) is 1.87. The van der Waals surface area contributed by atoms with Crippen molar-refractivity contribution in [2.45, 2.75) is 69.8 Å². The molecule has 0 bridgehead atoms. The van der Waals surface area contributed by atoms with Crippen molar-refractivity contribution in [1.82, 2.24) is 0 Å². The number of methoxy groups -OCH3 is 2. The number of rotatable bonds is 12. The van der Waals surface area contributed by atoms with Crippen molar-refractivity contribution in [2.75, 3.05) is 14.2 Å². The van der Waals surface area contributed by atoms with Crippen molar-refractivity contribution in [3.63, 3.8) is 0 Å². The number of halogens is 3. The van der Waals surface area contributed by atoms with Crippen molar-refractivity contribution in [3.05, 3.63) is 35.9 Å². The quantitative estimate of drug-likeness (QED) is 0.356. The van der Waals surface area contributed by atoms with E-state index in [-0.39, 0.29) is 6.42 Å². The summed E-state index contributed by atoms with van der Waals surface area (Å²) in [6.45, 7) is 2.09. The fourth-order valence-electron chi connectivity index (χ4n) is 3.07. The first-order valence-electron chi connectivity index (χ1n) is 9.70. The molecule has 0 spiro atoms. The Morgan fingerprint density at radius 3 is 2.07 bits per heavy atom. The van der Waals surface area contributed by atoms with Crippen LogP contribution in [0.25, 0.3) is 0 Å². The lowest BCUT2D eigenvalue weighted by Crippen LogP contribution is -2.53. The summed E-state index contributed by atoms with van der Waals surface area (Å²) in [6, 6.07) is 6.48. The van der Waals surface area contributed by atoms with Gasteiger partial charge in [-0.05, 0) is 12.8 Å². The summed E-state index contributed by atoms with van der Waals surface area (Å²) in [4.78, 5) is 24.7. The highest BCUT2D eigenvalue weighted by atomic mass is 19.4. The summed E-state index contributed by atoms with van der Waals surface area (Å²) < 4.78 is 56.1. The highest BCUT2D eigenvalue weighted by Crippen LogP contribution is 2.43. The first kappa shape index (κ1) is 24.9. The molecule has 0 fully saturated rings. The Morgan fingerprint density at radius 1 is 0.966 bits per heavy atom. The second kappa shape index (κ2) is 11.8. The van der Waals surface area contributed by atoms with Gasteiger partial charge in [-0.25, -0.2) is 9.59 Å². The number of unbranched alkanes of at least 4 members (excludes halogenated alkanes) is 5. The van der Waals surface area contributed by atoms with E-state index < -0.39 is 35.4 Å². The molecule has 0 aromatic heterocycles. The second-order valence-electron chi connectivity index (χ2n) is 6.72. The minimum Gasteiger partial charge on any atom is -0.466 e. The number of esters is 2. The van der Waals surface area contributed by atoms with Crippen LogP contribution in [0.2, 0.25) is 0 Å². The van der Waals surface area contributed by atoms with E-state index in [4.69, 9.17) is 4.74 Å². The maximum Gasteiger partial charge on any atom is 0.432 e. The fourth-order valence-corrected chi connectivity index (χ4v) is 3.07. The van der Waals surface area contributed by atoms with Crippen LogP contribution in [0.5, 0.6) is 0 Å². The SMILES string of the molecule is CCCCCCCC[C@@H](OC(=O)[C@@](OC)(c1ccccc1)C(F)(F)F)C(=O)OC. The molecule has 5 nitrogen and oxygen atoms in total. The lowest BCUT2D eigenvalue weighted by molar-refractivity contribution is -0.278. The van der Waals surface area contributed by atoms with Gasteiger partial charge in [0, 0.05) is 12.7 Å². The molecular weight excluding hydrogens is 389 g/mol. The zero-order chi connectivity index (χ0) is 21.9. The predicted molar refractivity (Wildman–Crippen MR) is 101 cm³/mol. The molecule has 0 aliphatic rings. The molecule has 0 aliphatic heterocycles. The second-order valence-corrected chi connectivity index (χ2v) is 6.72. The lowest BCUT2D eigenvalue weighted by Gasteiger charge is -2.33. The summed E-state index contributed by atoms with van der Waals surface area (Å²) in [5.41, 5.74) is -3.76. The topological polar surface area (TPSA) is 61.8 Å². The Labute approximate surface area is 169 Å². The number of hydrogen-bond donors (Lipinski definition) is 0. The van der Waals surface area contributed by atoms with Crippen LogP contribution in [0.3, 0.4) is 0 Å². The maximum absolute atomic E-state index is 13.9. The van der Waals surface area contributed by atoms with Gasteiger partial charge < -0.3 is 14.2 Å². The zero-order valence-corrected chi connectivity index (χ0v) is 17.1. The van der Waals surface area contributed by atoms with Crippen LogP contribution in [0.4, 0.5) is 13.2 Å². The molecular formula is C21H29F3O5. The minimum absolute atomic E-state index is 0.0803. The van der Waals surface area contributed by atoms with Crippen molar-refractivity contribution in [2.24, 2.45) is 0 Å². The molecule has 164 valence electrons. The van der Waals surface area contributed by atoms with E-state index in [0.717, 1.165) is 58.5 Å². The summed E-state index contributed by atoms with van der Waals surface area (Å²) in [5, 5.41) is 0. The Hall–Kier alpha value is -2.09. The number of benzene rings is 1. The van der Waals surface area contributed by atoms with Crippen LogP contribution in [-0.4, -0.2) is 38.4 Å². The molecule has 29 heavy (non-hydrogen) atoms. The maximum atomic E-state index is 13.9. The molecule has 0 saturated heterocycles. The molecule has 0 radical (unpaired) electrons. The summed E-state index contributed by atoms with van der Waals surface area (Å²) >= 11 is 0. The van der Waals surface area contributed by atoms with E-state index in [0.29, 0.717) is 6.42 Å². The fraction of sp³-hybridized carbons (Fsp3) is 0.619. The van der Waals surface area contributed by atoms with Gasteiger partial charge >= 0.3 is 18.1 Å². The Morgan fingerprint density at radius 2 is 1.55 bits per heavy atom. The molecule has 0 saturated carbocycles. The van der Waals surface area contributed by atoms with E-state index in [9.17, 15) is 22.8 Å². The van der Waals surface area contributed by atoms with Crippen molar-refractivity contribution in [1.29, 1.82) is 0 Å². The van der Waals surface area contributed by atoms with Crippen LogP contribution < -0.4 is 0 Å². The number of hydrogen-bond acceptors (Lipinski definition) is 5. The highest BCUT2D eigenvalue weighted by Gasteiger charge is 2.64. The van der Waals surface area contributed by atoms with E-state index >= 15 is 0 Å². The Balaban J connectivity index is 3.00. The molecule has 0 unspecified atom stereocenters. The molecule has 0 heterocycles. The third-order valence-electron chi connectivity index (χ3n) is 4.71. The van der Waals surface area contributed by atoms with Gasteiger partial charge in [-0.2, -0.15) is 13.2 Å². The number of alkyl halides is 3. The first-order valence-corrected chi connectivity index (χ1v) is 9.70. The molecule has 0 amide bonds. The summed E-state index contributed by atoms with van der Waals surface area (Å²) in [6.07, 6.45) is -1.00. The Bertz CT molecular complexity index is 633. The first-order chi connectivity index (χ1) is 13.7. The smallest absolute Gasteiger partial charge is 0.432 e. The van der Waals surface area contributed by atoms with Crippen LogP contribution in [-0.2, 0) is 29.4 Å². The van der Waals surface area contributed by atoms with Crippen LogP contribution in [0.1, 0.15) is 57.4 Å². The molecule has 0 N–H and O–H groups in total. The zero-order valence-electron chi connectivity index (χ0n) is 17.1. The van der Waals surface area contributed by atoms with Gasteiger partial charge in [-0.3, -0.25) is 0 Å². The third-order valence-corrected chi connectivity index (χ3v) is 4.71. The lowest BCUT2D eigenvalue weighted by atomic mass is 9.92. The van der Waals surface area contributed by atoms with E-state index in [2.05, 4.69) is 16.4 Å². The van der Waals surface area contributed by atoms with Gasteiger partial charge in [-0.1, -0.05) is 69.4 Å². The van der Waals surface area contributed by atoms with Crippen LogP contribution in [0, 0.1) is 0 Å². The molecule has 1 aromatic rings. The van der Waals surface area contributed by atoms with Gasteiger partial charge in [0.15, 0.2) is 6.10 Å². The molecule has 8 heteroatoms. The normalized spacial score (nSPS) is 14.7. The van der Waals surface area contributed by atoms with Gasteiger partial charge in [-0.15, -0.1) is 0 Å². The molecule has 1 aromatic carbocycles. The minimum atomic E-state index is -5.10. The Kier molecular flexibility index (Phi) is 10.2. The largest absolute Gasteiger partial charge is 0.466 e. The number of ether oxygens (including phenoxy) is 3. The standard InChI is InChI=1S/C21H29F3O5/c1-4-5-6-7-8-12-15-17(18(25)27-2)29-19(26)20(28-3,21(22,23)24)16-13-10-9-11-14-16/h9-11,13-14,17H,4-8,12,15H2,1-3H3/t17-,20+/m1/s1. The van der Waals surface area contributed by atoms with Gasteiger partial charge in [0.25, 0.3) is 5.60 Å². The van der Waals surface area contributed by atoms with E-state index in [1.165, 1.54) is 18.2 Å². The van der Waals surface area contributed by atoms with Gasteiger partial charge in [0.2, 0.25) is 0 Å². The molecule has 0 aliphatic carbocycles. The molecule has 1 rings (SSSR count). The van der Waals surface area contributed by atoms with Crippen molar-refractivity contribution in [3.8, 4) is 0 Å². The predicted octanol–water partition coefficient (Wildman–Crippen LogP) is 4.93.